The minimum Gasteiger partial charge on any atom is -0.469 e. The fourth-order valence-corrected chi connectivity index (χ4v) is 2.89. The predicted molar refractivity (Wildman–Crippen MR) is 87.2 cm³/mol. The lowest BCUT2D eigenvalue weighted by molar-refractivity contribution is -0.148. The maximum Gasteiger partial charge on any atom is 0.411 e. The van der Waals surface area contributed by atoms with E-state index in [1.165, 1.54) is 19.1 Å². The van der Waals surface area contributed by atoms with Crippen LogP contribution in [0.25, 0.3) is 0 Å². The van der Waals surface area contributed by atoms with Gasteiger partial charge in [-0.25, -0.2) is 9.59 Å². The van der Waals surface area contributed by atoms with Gasteiger partial charge in [-0.15, -0.1) is 0 Å². The fraction of sp³-hybridized carbons (Fsp3) is 0.706. The van der Waals surface area contributed by atoms with Gasteiger partial charge in [-0.2, -0.15) is 0 Å². The molecule has 1 aliphatic heterocycles. The van der Waals surface area contributed by atoms with Gasteiger partial charge in [-0.05, 0) is 27.7 Å². The van der Waals surface area contributed by atoms with Crippen molar-refractivity contribution in [2.75, 3.05) is 20.8 Å². The van der Waals surface area contributed by atoms with E-state index in [4.69, 9.17) is 14.2 Å². The summed E-state index contributed by atoms with van der Waals surface area (Å²) in [6, 6.07) is -0.911. The zero-order valence-electron chi connectivity index (χ0n) is 15.3. The standard InChI is InChI=1S/C17H27NO6/c1-10(2)12-9-18(16(21)24-17(3,4)5)14(15(20)23-7)11(12)8-13(19)22-6/h11-12,14H,1,8-9H2,2-7H3/t11-,12-,14?/m0/s1. The van der Waals surface area contributed by atoms with E-state index in [1.807, 2.05) is 6.92 Å². The van der Waals surface area contributed by atoms with Crippen molar-refractivity contribution >= 4 is 18.0 Å². The summed E-state index contributed by atoms with van der Waals surface area (Å²) in [5.74, 6) is -1.72. The molecule has 136 valence electrons. The average Bonchev–Trinajstić information content (AvgIpc) is 2.84. The predicted octanol–water partition coefficient (Wildman–Crippen LogP) is 2.15. The number of ether oxygens (including phenoxy) is 3. The molecule has 1 fully saturated rings. The highest BCUT2D eigenvalue weighted by Crippen LogP contribution is 2.38. The Labute approximate surface area is 142 Å². The third-order valence-corrected chi connectivity index (χ3v) is 3.99. The summed E-state index contributed by atoms with van der Waals surface area (Å²) in [4.78, 5) is 37.9. The van der Waals surface area contributed by atoms with Crippen LogP contribution in [0.3, 0.4) is 0 Å². The van der Waals surface area contributed by atoms with Crippen molar-refractivity contribution in [3.05, 3.63) is 12.2 Å². The van der Waals surface area contributed by atoms with Crippen LogP contribution in [-0.2, 0) is 23.8 Å². The van der Waals surface area contributed by atoms with Crippen molar-refractivity contribution in [2.24, 2.45) is 11.8 Å². The minimum atomic E-state index is -0.911. The largest absolute Gasteiger partial charge is 0.469 e. The Bertz CT molecular complexity index is 522. The number of carbonyl (C=O) groups is 3. The molecule has 0 spiro atoms. The molecule has 0 aromatic carbocycles. The van der Waals surface area contributed by atoms with Gasteiger partial charge in [-0.1, -0.05) is 12.2 Å². The van der Waals surface area contributed by atoms with Crippen LogP contribution in [0, 0.1) is 11.8 Å². The first-order valence-corrected chi connectivity index (χ1v) is 7.81. The molecule has 7 heteroatoms. The molecule has 1 saturated heterocycles. The first-order chi connectivity index (χ1) is 11.0. The van der Waals surface area contributed by atoms with E-state index < -0.39 is 35.6 Å². The van der Waals surface area contributed by atoms with E-state index in [9.17, 15) is 14.4 Å². The first kappa shape index (κ1) is 20.0. The molecular weight excluding hydrogens is 314 g/mol. The number of nitrogens with zero attached hydrogens (tertiary/aromatic N) is 1. The molecular formula is C17H27NO6. The molecule has 3 atom stereocenters. The number of carbonyl (C=O) groups excluding carboxylic acids is 3. The van der Waals surface area contributed by atoms with Crippen molar-refractivity contribution in [1.82, 2.24) is 4.90 Å². The third kappa shape index (κ3) is 4.72. The van der Waals surface area contributed by atoms with Crippen molar-refractivity contribution in [1.29, 1.82) is 0 Å². The van der Waals surface area contributed by atoms with Crippen molar-refractivity contribution in [3.63, 3.8) is 0 Å². The second kappa shape index (κ2) is 7.68. The average molecular weight is 341 g/mol. The Morgan fingerprint density at radius 3 is 2.17 bits per heavy atom. The summed E-state index contributed by atoms with van der Waals surface area (Å²) in [7, 11) is 2.53. The summed E-state index contributed by atoms with van der Waals surface area (Å²) in [5, 5.41) is 0. The Morgan fingerprint density at radius 2 is 1.75 bits per heavy atom. The highest BCUT2D eigenvalue weighted by atomic mass is 16.6. The highest BCUT2D eigenvalue weighted by molar-refractivity contribution is 5.84. The van der Waals surface area contributed by atoms with E-state index in [1.54, 1.807) is 20.8 Å². The van der Waals surface area contributed by atoms with E-state index in [-0.39, 0.29) is 18.9 Å². The summed E-state index contributed by atoms with van der Waals surface area (Å²) in [6.45, 7) is 11.2. The molecule has 0 aliphatic carbocycles. The Hall–Kier alpha value is -2.05. The van der Waals surface area contributed by atoms with Crippen LogP contribution >= 0.6 is 0 Å². The Morgan fingerprint density at radius 1 is 1.17 bits per heavy atom. The van der Waals surface area contributed by atoms with Crippen LogP contribution in [0.2, 0.25) is 0 Å². The summed E-state index contributed by atoms with van der Waals surface area (Å²) < 4.78 is 15.0. The number of amides is 1. The SMILES string of the molecule is C=C(C)[C@@H]1CN(C(=O)OC(C)(C)C)C(C(=O)OC)[C@H]1CC(=O)OC. The second-order valence-electron chi connectivity index (χ2n) is 7.00. The van der Waals surface area contributed by atoms with Gasteiger partial charge in [0.15, 0.2) is 0 Å². The van der Waals surface area contributed by atoms with Gasteiger partial charge in [0.1, 0.15) is 11.6 Å². The number of likely N-dealkylation sites (tertiary alicyclic amines) is 1. The van der Waals surface area contributed by atoms with Crippen LogP contribution in [0.1, 0.15) is 34.1 Å². The lowest BCUT2D eigenvalue weighted by atomic mass is 9.84. The van der Waals surface area contributed by atoms with Crippen LogP contribution < -0.4 is 0 Å². The summed E-state index contributed by atoms with van der Waals surface area (Å²) in [6.07, 6.45) is -0.621. The lowest BCUT2D eigenvalue weighted by Gasteiger charge is -2.28. The molecule has 1 rings (SSSR count). The van der Waals surface area contributed by atoms with E-state index in [0.29, 0.717) is 0 Å². The normalized spacial score (nSPS) is 23.6. The topological polar surface area (TPSA) is 82.1 Å². The second-order valence-corrected chi connectivity index (χ2v) is 7.00. The molecule has 1 aliphatic rings. The number of hydrogen-bond acceptors (Lipinski definition) is 6. The first-order valence-electron chi connectivity index (χ1n) is 7.81. The van der Waals surface area contributed by atoms with Gasteiger partial charge in [0.25, 0.3) is 0 Å². The van der Waals surface area contributed by atoms with Gasteiger partial charge in [0.05, 0.1) is 20.6 Å². The van der Waals surface area contributed by atoms with Crippen molar-refractivity contribution in [3.8, 4) is 0 Å². The van der Waals surface area contributed by atoms with Gasteiger partial charge < -0.3 is 14.2 Å². The van der Waals surface area contributed by atoms with Gasteiger partial charge >= 0.3 is 18.0 Å². The van der Waals surface area contributed by atoms with Crippen LogP contribution in [0.5, 0.6) is 0 Å². The molecule has 0 bridgehead atoms. The molecule has 0 saturated carbocycles. The molecule has 0 aromatic heterocycles. The maximum absolute atomic E-state index is 12.5. The van der Waals surface area contributed by atoms with Crippen molar-refractivity contribution in [2.45, 2.75) is 45.8 Å². The smallest absolute Gasteiger partial charge is 0.411 e. The maximum atomic E-state index is 12.5. The van der Waals surface area contributed by atoms with E-state index in [0.717, 1.165) is 5.57 Å². The molecule has 0 N–H and O–H groups in total. The zero-order valence-corrected chi connectivity index (χ0v) is 15.3. The highest BCUT2D eigenvalue weighted by Gasteiger charge is 2.50. The molecule has 7 nitrogen and oxygen atoms in total. The van der Waals surface area contributed by atoms with Crippen LogP contribution in [0.15, 0.2) is 12.2 Å². The van der Waals surface area contributed by atoms with Gasteiger partial charge in [0.2, 0.25) is 0 Å². The molecule has 1 unspecified atom stereocenters. The van der Waals surface area contributed by atoms with Crippen LogP contribution in [0.4, 0.5) is 4.79 Å². The number of rotatable bonds is 4. The Balaban J connectivity index is 3.18. The third-order valence-electron chi connectivity index (χ3n) is 3.99. The molecule has 0 radical (unpaired) electrons. The number of methoxy groups -OCH3 is 2. The summed E-state index contributed by atoms with van der Waals surface area (Å²) in [5.41, 5.74) is 0.0838. The van der Waals surface area contributed by atoms with Crippen molar-refractivity contribution < 1.29 is 28.6 Å². The number of esters is 2. The van der Waals surface area contributed by atoms with E-state index >= 15 is 0 Å². The minimum absolute atomic E-state index is 0.00685. The lowest BCUT2D eigenvalue weighted by Crippen LogP contribution is -2.46. The Kier molecular flexibility index (Phi) is 6.40. The molecule has 1 heterocycles. The molecule has 1 amide bonds. The monoisotopic (exact) mass is 341 g/mol. The molecule has 0 aromatic rings. The van der Waals surface area contributed by atoms with Crippen LogP contribution in [-0.4, -0.2) is 55.3 Å². The van der Waals surface area contributed by atoms with Gasteiger partial charge in [0, 0.05) is 18.4 Å². The quantitative estimate of drug-likeness (QED) is 0.443. The molecule has 24 heavy (non-hydrogen) atoms. The number of hydrogen-bond donors (Lipinski definition) is 0. The van der Waals surface area contributed by atoms with Gasteiger partial charge in [-0.3, -0.25) is 9.69 Å². The van der Waals surface area contributed by atoms with E-state index in [2.05, 4.69) is 6.58 Å². The zero-order chi connectivity index (χ0) is 18.7. The fourth-order valence-electron chi connectivity index (χ4n) is 2.89. The summed E-state index contributed by atoms with van der Waals surface area (Å²) >= 11 is 0.